The zero-order valence-electron chi connectivity index (χ0n) is 13.2. The Balaban J connectivity index is 1.67. The van der Waals surface area contributed by atoms with Crippen molar-refractivity contribution in [2.45, 2.75) is 49.6 Å². The van der Waals surface area contributed by atoms with E-state index in [0.717, 1.165) is 23.6 Å². The van der Waals surface area contributed by atoms with Crippen molar-refractivity contribution in [2.24, 2.45) is 0 Å². The number of rotatable bonds is 5. The summed E-state index contributed by atoms with van der Waals surface area (Å²) in [6.07, 6.45) is 7.92. The van der Waals surface area contributed by atoms with Gasteiger partial charge >= 0.3 is 0 Å². The molecular formula is C16H21N5OS. The largest absolute Gasteiger partial charge is 0.345 e. The maximum absolute atomic E-state index is 12.4. The average molecular weight is 331 g/mol. The summed E-state index contributed by atoms with van der Waals surface area (Å²) in [6.45, 7) is 0.352. The standard InChI is InChI=1S/C16H21N5OS/c1-23-14-10-6-5-9-13(14)16(22)17-11-15-18-19-20-21(15)12-7-3-2-4-8-12/h5-6,9-10,12H,2-4,7-8,11H2,1H3,(H,17,22). The molecule has 1 N–H and O–H groups in total. The second-order valence-electron chi connectivity index (χ2n) is 5.71. The number of nitrogens with zero attached hydrogens (tertiary/aromatic N) is 4. The molecule has 7 heteroatoms. The zero-order chi connectivity index (χ0) is 16.1. The third-order valence-electron chi connectivity index (χ3n) is 4.24. The monoisotopic (exact) mass is 331 g/mol. The van der Waals surface area contributed by atoms with Crippen molar-refractivity contribution in [3.63, 3.8) is 0 Å². The summed E-state index contributed by atoms with van der Waals surface area (Å²) < 4.78 is 1.89. The average Bonchev–Trinajstić information content (AvgIpc) is 3.09. The van der Waals surface area contributed by atoms with Gasteiger partial charge in [0, 0.05) is 4.90 Å². The molecule has 0 aliphatic heterocycles. The first-order chi connectivity index (χ1) is 11.3. The van der Waals surface area contributed by atoms with Gasteiger partial charge in [-0.2, -0.15) is 0 Å². The Morgan fingerprint density at radius 3 is 2.87 bits per heavy atom. The number of nitrogens with one attached hydrogen (secondary N) is 1. The van der Waals surface area contributed by atoms with Crippen LogP contribution in [0.25, 0.3) is 0 Å². The van der Waals surface area contributed by atoms with Crippen molar-refractivity contribution in [1.29, 1.82) is 0 Å². The van der Waals surface area contributed by atoms with Crippen LogP contribution in [0.4, 0.5) is 0 Å². The Morgan fingerprint density at radius 2 is 2.09 bits per heavy atom. The van der Waals surface area contributed by atoms with Crippen LogP contribution in [0.3, 0.4) is 0 Å². The highest BCUT2D eigenvalue weighted by Crippen LogP contribution is 2.27. The fraction of sp³-hybridized carbons (Fsp3) is 0.500. The van der Waals surface area contributed by atoms with E-state index in [4.69, 9.17) is 0 Å². The molecule has 2 aromatic rings. The molecule has 3 rings (SSSR count). The van der Waals surface area contributed by atoms with E-state index in [1.165, 1.54) is 19.3 Å². The van der Waals surface area contributed by atoms with Crippen molar-refractivity contribution < 1.29 is 4.79 Å². The molecule has 1 saturated carbocycles. The molecule has 0 bridgehead atoms. The third kappa shape index (κ3) is 3.72. The lowest BCUT2D eigenvalue weighted by Gasteiger charge is -2.22. The van der Waals surface area contributed by atoms with Crippen molar-refractivity contribution in [3.05, 3.63) is 35.7 Å². The van der Waals surface area contributed by atoms with Gasteiger partial charge in [0.1, 0.15) is 0 Å². The third-order valence-corrected chi connectivity index (χ3v) is 5.04. The summed E-state index contributed by atoms with van der Waals surface area (Å²) in [5.74, 6) is 0.639. The van der Waals surface area contributed by atoms with Crippen molar-refractivity contribution >= 4 is 17.7 Å². The van der Waals surface area contributed by atoms with Crippen LogP contribution < -0.4 is 5.32 Å². The van der Waals surface area contributed by atoms with Crippen LogP contribution in [-0.4, -0.2) is 32.4 Å². The maximum atomic E-state index is 12.4. The van der Waals surface area contributed by atoms with E-state index in [1.54, 1.807) is 11.8 Å². The lowest BCUT2D eigenvalue weighted by molar-refractivity contribution is 0.0946. The van der Waals surface area contributed by atoms with Gasteiger partial charge in [0.25, 0.3) is 5.91 Å². The second kappa shape index (κ2) is 7.59. The minimum Gasteiger partial charge on any atom is -0.345 e. The first-order valence-corrected chi connectivity index (χ1v) is 9.20. The number of hydrogen-bond donors (Lipinski definition) is 1. The van der Waals surface area contributed by atoms with Crippen LogP contribution >= 0.6 is 11.8 Å². The van der Waals surface area contributed by atoms with Gasteiger partial charge in [-0.3, -0.25) is 4.79 Å². The Kier molecular flexibility index (Phi) is 5.27. The molecule has 0 unspecified atom stereocenters. The van der Waals surface area contributed by atoms with Crippen LogP contribution in [0, 0.1) is 0 Å². The molecule has 1 amide bonds. The number of aromatic nitrogens is 4. The summed E-state index contributed by atoms with van der Waals surface area (Å²) in [5, 5.41) is 14.9. The van der Waals surface area contributed by atoms with Crippen LogP contribution in [0.15, 0.2) is 29.2 Å². The molecule has 1 aromatic heterocycles. The second-order valence-corrected chi connectivity index (χ2v) is 6.56. The molecule has 0 saturated heterocycles. The van der Waals surface area contributed by atoms with E-state index in [2.05, 4.69) is 20.8 Å². The Morgan fingerprint density at radius 1 is 1.30 bits per heavy atom. The molecule has 1 aliphatic rings. The topological polar surface area (TPSA) is 72.7 Å². The van der Waals surface area contributed by atoms with E-state index >= 15 is 0 Å². The molecule has 1 aliphatic carbocycles. The van der Waals surface area contributed by atoms with E-state index < -0.39 is 0 Å². The van der Waals surface area contributed by atoms with Gasteiger partial charge in [0.15, 0.2) is 5.82 Å². The fourth-order valence-electron chi connectivity index (χ4n) is 3.02. The van der Waals surface area contributed by atoms with Crippen LogP contribution in [0.2, 0.25) is 0 Å². The van der Waals surface area contributed by atoms with Gasteiger partial charge in [-0.05, 0) is 41.7 Å². The fourth-order valence-corrected chi connectivity index (χ4v) is 3.62. The predicted octanol–water partition coefficient (Wildman–Crippen LogP) is 2.83. The lowest BCUT2D eigenvalue weighted by Crippen LogP contribution is -2.27. The summed E-state index contributed by atoms with van der Waals surface area (Å²) in [4.78, 5) is 13.4. The highest BCUT2D eigenvalue weighted by molar-refractivity contribution is 7.98. The molecule has 1 heterocycles. The van der Waals surface area contributed by atoms with Gasteiger partial charge < -0.3 is 5.32 Å². The summed E-state index contributed by atoms with van der Waals surface area (Å²) in [5.41, 5.74) is 0.691. The number of carbonyl (C=O) groups is 1. The van der Waals surface area contributed by atoms with Crippen molar-refractivity contribution in [1.82, 2.24) is 25.5 Å². The number of hydrogen-bond acceptors (Lipinski definition) is 5. The van der Waals surface area contributed by atoms with Crippen molar-refractivity contribution in [3.8, 4) is 0 Å². The molecular weight excluding hydrogens is 310 g/mol. The van der Waals surface area contributed by atoms with Crippen molar-refractivity contribution in [2.75, 3.05) is 6.26 Å². The molecule has 0 radical (unpaired) electrons. The van der Waals surface area contributed by atoms with E-state index in [0.29, 0.717) is 18.2 Å². The Bertz CT molecular complexity index is 666. The van der Waals surface area contributed by atoms with Crippen LogP contribution in [0.5, 0.6) is 0 Å². The maximum Gasteiger partial charge on any atom is 0.252 e. The zero-order valence-corrected chi connectivity index (χ0v) is 14.1. The van der Waals surface area contributed by atoms with Gasteiger partial charge in [-0.1, -0.05) is 31.4 Å². The van der Waals surface area contributed by atoms with Crippen LogP contribution in [0.1, 0.15) is 54.3 Å². The molecule has 122 valence electrons. The lowest BCUT2D eigenvalue weighted by atomic mass is 9.95. The summed E-state index contributed by atoms with van der Waals surface area (Å²) in [7, 11) is 0. The van der Waals surface area contributed by atoms with Gasteiger partial charge in [-0.15, -0.1) is 16.9 Å². The Labute approximate surface area is 140 Å². The van der Waals surface area contributed by atoms with E-state index in [9.17, 15) is 4.79 Å². The molecule has 6 nitrogen and oxygen atoms in total. The smallest absolute Gasteiger partial charge is 0.252 e. The van der Waals surface area contributed by atoms with Gasteiger partial charge in [0.2, 0.25) is 0 Å². The van der Waals surface area contributed by atoms with E-state index in [-0.39, 0.29) is 5.91 Å². The quantitative estimate of drug-likeness (QED) is 0.853. The molecule has 1 fully saturated rings. The predicted molar refractivity (Wildman–Crippen MR) is 89.3 cm³/mol. The number of benzene rings is 1. The molecule has 0 spiro atoms. The minimum absolute atomic E-state index is 0.0897. The molecule has 0 atom stereocenters. The minimum atomic E-state index is -0.0897. The van der Waals surface area contributed by atoms with Gasteiger partial charge in [0.05, 0.1) is 18.2 Å². The number of carbonyl (C=O) groups excluding carboxylic acids is 1. The highest BCUT2D eigenvalue weighted by atomic mass is 32.2. The number of amides is 1. The summed E-state index contributed by atoms with van der Waals surface area (Å²) >= 11 is 1.57. The molecule has 1 aromatic carbocycles. The van der Waals surface area contributed by atoms with Crippen LogP contribution in [-0.2, 0) is 6.54 Å². The van der Waals surface area contributed by atoms with Gasteiger partial charge in [-0.25, -0.2) is 4.68 Å². The Hall–Kier alpha value is -1.89. The number of tetrazole rings is 1. The highest BCUT2D eigenvalue weighted by Gasteiger charge is 2.20. The number of thioether (sulfide) groups is 1. The summed E-state index contributed by atoms with van der Waals surface area (Å²) in [6, 6.07) is 7.97. The normalized spacial score (nSPS) is 15.5. The SMILES string of the molecule is CSc1ccccc1C(=O)NCc1nnnn1C1CCCCC1. The van der Waals surface area contributed by atoms with E-state index in [1.807, 2.05) is 35.2 Å². The first kappa shape index (κ1) is 16.0. The first-order valence-electron chi connectivity index (χ1n) is 7.97. The molecule has 23 heavy (non-hydrogen) atoms.